The minimum Gasteiger partial charge on any atom is -0.348 e. The van der Waals surface area contributed by atoms with Gasteiger partial charge in [-0.15, -0.1) is 0 Å². The van der Waals surface area contributed by atoms with E-state index in [0.717, 1.165) is 25.2 Å². The Morgan fingerprint density at radius 3 is 2.42 bits per heavy atom. The highest BCUT2D eigenvalue weighted by Crippen LogP contribution is 2.26. The van der Waals surface area contributed by atoms with Crippen molar-refractivity contribution in [3.63, 3.8) is 0 Å². The lowest BCUT2D eigenvalue weighted by molar-refractivity contribution is 0.0947. The Bertz CT molecular complexity index is 706. The first-order valence-corrected chi connectivity index (χ1v) is 9.39. The van der Waals surface area contributed by atoms with Gasteiger partial charge in [0.25, 0.3) is 11.7 Å². The molecular formula is C19H23F2N3OS. The molecule has 0 saturated carbocycles. The fourth-order valence-electron chi connectivity index (χ4n) is 2.49. The molecule has 0 aliphatic rings. The molecule has 0 bridgehead atoms. The fraction of sp³-hybridized carbons (Fsp3) is 0.368. The van der Waals surface area contributed by atoms with Gasteiger partial charge in [-0.05, 0) is 48.1 Å². The third-order valence-corrected chi connectivity index (χ3v) is 4.72. The molecule has 0 atom stereocenters. The van der Waals surface area contributed by atoms with Crippen LogP contribution in [0.15, 0.2) is 47.6 Å². The first-order valence-electron chi connectivity index (χ1n) is 8.51. The van der Waals surface area contributed by atoms with E-state index in [1.807, 2.05) is 24.3 Å². The van der Waals surface area contributed by atoms with Crippen LogP contribution in [0.25, 0.3) is 0 Å². The van der Waals surface area contributed by atoms with E-state index >= 15 is 0 Å². The Morgan fingerprint density at radius 2 is 1.81 bits per heavy atom. The van der Waals surface area contributed by atoms with Crippen LogP contribution in [-0.2, 0) is 13.1 Å². The standard InChI is InChI=1S/C19H23F2N3OS/c1-3-24(4-2)13-15-9-7-14(8-10-15)12-23-17(25)16-6-5-11-22-18(16)26-19(20)21/h5-11,19H,3-4,12-13H2,1-2H3,(H,23,25). The number of carbonyl (C=O) groups is 1. The normalized spacial score (nSPS) is 11.2. The molecule has 1 aromatic heterocycles. The second kappa shape index (κ2) is 10.2. The summed E-state index contributed by atoms with van der Waals surface area (Å²) in [6, 6.07) is 11.1. The van der Waals surface area contributed by atoms with Gasteiger partial charge in [-0.1, -0.05) is 38.1 Å². The number of benzene rings is 1. The van der Waals surface area contributed by atoms with Crippen molar-refractivity contribution in [2.45, 2.75) is 37.7 Å². The number of pyridine rings is 1. The Kier molecular flexibility index (Phi) is 8.00. The van der Waals surface area contributed by atoms with Crippen LogP contribution in [0.5, 0.6) is 0 Å². The van der Waals surface area contributed by atoms with Crippen LogP contribution in [0.4, 0.5) is 8.78 Å². The lowest BCUT2D eigenvalue weighted by atomic mass is 10.1. The van der Waals surface area contributed by atoms with E-state index in [-0.39, 0.29) is 22.4 Å². The van der Waals surface area contributed by atoms with Gasteiger partial charge in [-0.3, -0.25) is 9.69 Å². The van der Waals surface area contributed by atoms with Crippen molar-refractivity contribution in [2.75, 3.05) is 13.1 Å². The SMILES string of the molecule is CCN(CC)Cc1ccc(CNC(=O)c2cccnc2SC(F)F)cc1. The number of amides is 1. The third kappa shape index (κ3) is 6.07. The molecule has 4 nitrogen and oxygen atoms in total. The Balaban J connectivity index is 1.95. The number of alkyl halides is 2. The smallest absolute Gasteiger partial charge is 0.290 e. The first kappa shape index (κ1) is 20.3. The lowest BCUT2D eigenvalue weighted by Gasteiger charge is -2.18. The van der Waals surface area contributed by atoms with Crippen molar-refractivity contribution in [3.8, 4) is 0 Å². The molecule has 0 radical (unpaired) electrons. The van der Waals surface area contributed by atoms with Crippen molar-refractivity contribution < 1.29 is 13.6 Å². The number of aromatic nitrogens is 1. The van der Waals surface area contributed by atoms with Crippen molar-refractivity contribution >= 4 is 17.7 Å². The molecule has 2 aromatic rings. The number of carbonyl (C=O) groups excluding carboxylic acids is 1. The van der Waals surface area contributed by atoms with Crippen molar-refractivity contribution in [2.24, 2.45) is 0 Å². The van der Waals surface area contributed by atoms with E-state index in [1.165, 1.54) is 17.8 Å². The maximum Gasteiger partial charge on any atom is 0.290 e. The van der Waals surface area contributed by atoms with Gasteiger partial charge in [-0.25, -0.2) is 4.98 Å². The molecule has 140 valence electrons. The molecule has 0 spiro atoms. The number of thioether (sulfide) groups is 1. The van der Waals surface area contributed by atoms with E-state index in [2.05, 4.69) is 29.0 Å². The van der Waals surface area contributed by atoms with Crippen LogP contribution in [-0.4, -0.2) is 34.6 Å². The minimum atomic E-state index is -2.62. The fourth-order valence-corrected chi connectivity index (χ4v) is 3.07. The number of hydrogen-bond acceptors (Lipinski definition) is 4. The molecule has 0 saturated heterocycles. The zero-order valence-corrected chi connectivity index (χ0v) is 15.7. The quantitative estimate of drug-likeness (QED) is 0.664. The summed E-state index contributed by atoms with van der Waals surface area (Å²) in [7, 11) is 0. The first-order chi connectivity index (χ1) is 12.5. The number of nitrogens with one attached hydrogen (secondary N) is 1. The van der Waals surface area contributed by atoms with E-state index in [9.17, 15) is 13.6 Å². The molecule has 0 aliphatic carbocycles. The largest absolute Gasteiger partial charge is 0.348 e. The molecule has 1 amide bonds. The summed E-state index contributed by atoms with van der Waals surface area (Å²) in [5.41, 5.74) is 2.33. The average Bonchev–Trinajstić information content (AvgIpc) is 2.65. The van der Waals surface area contributed by atoms with Crippen LogP contribution in [0.1, 0.15) is 35.3 Å². The van der Waals surface area contributed by atoms with Crippen molar-refractivity contribution in [1.29, 1.82) is 0 Å². The summed E-state index contributed by atoms with van der Waals surface area (Å²) in [6.07, 6.45) is 1.40. The van der Waals surface area contributed by atoms with Gasteiger partial charge in [0, 0.05) is 19.3 Å². The van der Waals surface area contributed by atoms with Gasteiger partial charge in [0.05, 0.1) is 5.56 Å². The highest BCUT2D eigenvalue weighted by molar-refractivity contribution is 7.99. The number of hydrogen-bond donors (Lipinski definition) is 1. The predicted octanol–water partition coefficient (Wildman–Crippen LogP) is 4.17. The summed E-state index contributed by atoms with van der Waals surface area (Å²) < 4.78 is 25.2. The molecule has 2 rings (SSSR count). The molecule has 1 aromatic carbocycles. The van der Waals surface area contributed by atoms with Crippen LogP contribution >= 0.6 is 11.8 Å². The van der Waals surface area contributed by atoms with Gasteiger partial charge in [-0.2, -0.15) is 8.78 Å². The monoisotopic (exact) mass is 379 g/mol. The number of halogens is 2. The number of nitrogens with zero attached hydrogens (tertiary/aromatic N) is 2. The second-order valence-corrected chi connectivity index (χ2v) is 6.67. The van der Waals surface area contributed by atoms with Gasteiger partial charge in [0.1, 0.15) is 5.03 Å². The van der Waals surface area contributed by atoms with Crippen LogP contribution in [0.2, 0.25) is 0 Å². The van der Waals surface area contributed by atoms with Gasteiger partial charge in [0.15, 0.2) is 0 Å². The van der Waals surface area contributed by atoms with Gasteiger partial charge < -0.3 is 5.32 Å². The predicted molar refractivity (Wildman–Crippen MR) is 100 cm³/mol. The summed E-state index contributed by atoms with van der Waals surface area (Å²) in [4.78, 5) is 18.5. The van der Waals surface area contributed by atoms with E-state index in [1.54, 1.807) is 6.07 Å². The molecule has 0 fully saturated rings. The van der Waals surface area contributed by atoms with Crippen molar-refractivity contribution in [3.05, 3.63) is 59.3 Å². The topological polar surface area (TPSA) is 45.2 Å². The molecule has 1 heterocycles. The van der Waals surface area contributed by atoms with Gasteiger partial charge in [0.2, 0.25) is 0 Å². The maximum atomic E-state index is 12.6. The van der Waals surface area contributed by atoms with Gasteiger partial charge >= 0.3 is 0 Å². The summed E-state index contributed by atoms with van der Waals surface area (Å²) in [5, 5.41) is 2.80. The Hall–Kier alpha value is -1.99. The van der Waals surface area contributed by atoms with E-state index < -0.39 is 11.7 Å². The van der Waals surface area contributed by atoms with E-state index in [0.29, 0.717) is 6.54 Å². The summed E-state index contributed by atoms with van der Waals surface area (Å²) >= 11 is 0.277. The molecular weight excluding hydrogens is 356 g/mol. The Morgan fingerprint density at radius 1 is 1.15 bits per heavy atom. The van der Waals surface area contributed by atoms with Crippen LogP contribution in [0, 0.1) is 0 Å². The zero-order valence-electron chi connectivity index (χ0n) is 14.9. The molecule has 1 N–H and O–H groups in total. The van der Waals surface area contributed by atoms with Crippen LogP contribution < -0.4 is 5.32 Å². The third-order valence-electron chi connectivity index (χ3n) is 3.99. The number of rotatable bonds is 9. The molecule has 26 heavy (non-hydrogen) atoms. The summed E-state index contributed by atoms with van der Waals surface area (Å²) in [6.45, 7) is 7.48. The summed E-state index contributed by atoms with van der Waals surface area (Å²) in [5.74, 6) is -3.02. The second-order valence-electron chi connectivity index (χ2n) is 5.70. The molecule has 7 heteroatoms. The Labute approximate surface area is 157 Å². The average molecular weight is 379 g/mol. The zero-order chi connectivity index (χ0) is 18.9. The lowest BCUT2D eigenvalue weighted by Crippen LogP contribution is -2.24. The molecule has 0 aliphatic heterocycles. The highest BCUT2D eigenvalue weighted by atomic mass is 32.2. The maximum absolute atomic E-state index is 12.6. The van der Waals surface area contributed by atoms with E-state index in [4.69, 9.17) is 0 Å². The van der Waals surface area contributed by atoms with Crippen LogP contribution in [0.3, 0.4) is 0 Å². The highest BCUT2D eigenvalue weighted by Gasteiger charge is 2.16. The molecule has 0 unspecified atom stereocenters. The van der Waals surface area contributed by atoms with Crippen molar-refractivity contribution in [1.82, 2.24) is 15.2 Å². The minimum absolute atomic E-state index is 0.0366.